The Kier molecular flexibility index (Phi) is 4.38. The van der Waals surface area contributed by atoms with Gasteiger partial charge in [0.05, 0.1) is 0 Å². The van der Waals surface area contributed by atoms with Gasteiger partial charge in [-0.15, -0.1) is 0 Å². The van der Waals surface area contributed by atoms with Gasteiger partial charge in [0.15, 0.2) is 0 Å². The third-order valence-electron chi connectivity index (χ3n) is 3.62. The van der Waals surface area contributed by atoms with Gasteiger partial charge in [-0.05, 0) is 25.8 Å². The normalized spacial score (nSPS) is 24.1. The summed E-state index contributed by atoms with van der Waals surface area (Å²) in [5, 5.41) is 12.7. The summed E-state index contributed by atoms with van der Waals surface area (Å²) in [5.41, 5.74) is 1.50. The summed E-state index contributed by atoms with van der Waals surface area (Å²) in [7, 11) is 0. The van der Waals surface area contributed by atoms with Gasteiger partial charge >= 0.3 is 0 Å². The first kappa shape index (κ1) is 13.5. The number of piperazine rings is 1. The summed E-state index contributed by atoms with van der Waals surface area (Å²) in [6, 6.07) is 11.0. The van der Waals surface area contributed by atoms with Gasteiger partial charge in [0.25, 0.3) is 0 Å². The van der Waals surface area contributed by atoms with Gasteiger partial charge in [0.2, 0.25) is 0 Å². The number of nitrogens with zero attached hydrogens (tertiary/aromatic N) is 1. The van der Waals surface area contributed by atoms with Crippen molar-refractivity contribution in [3.8, 4) is 0 Å². The smallest absolute Gasteiger partial charge is 0.0446 e. The van der Waals surface area contributed by atoms with E-state index in [9.17, 15) is 5.11 Å². The molecule has 18 heavy (non-hydrogen) atoms. The second kappa shape index (κ2) is 5.83. The van der Waals surface area contributed by atoms with Crippen LogP contribution in [0.15, 0.2) is 30.3 Å². The minimum atomic E-state index is 0.154. The molecule has 0 aliphatic carbocycles. The Morgan fingerprint density at radius 3 is 2.72 bits per heavy atom. The van der Waals surface area contributed by atoms with Crippen molar-refractivity contribution in [2.24, 2.45) is 0 Å². The van der Waals surface area contributed by atoms with Gasteiger partial charge in [-0.1, -0.05) is 30.3 Å². The molecule has 0 saturated carbocycles. The monoisotopic (exact) mass is 248 g/mol. The Labute approximate surface area is 110 Å². The van der Waals surface area contributed by atoms with Crippen LogP contribution in [0, 0.1) is 0 Å². The molecule has 0 aromatic heterocycles. The second-order valence-electron chi connectivity index (χ2n) is 5.82. The molecule has 2 N–H and O–H groups in total. The molecule has 1 unspecified atom stereocenters. The Bertz CT molecular complexity index is 364. The highest BCUT2D eigenvalue weighted by Crippen LogP contribution is 2.19. The topological polar surface area (TPSA) is 35.5 Å². The Balaban J connectivity index is 2.05. The number of hydrogen-bond acceptors (Lipinski definition) is 3. The Hall–Kier alpha value is -0.900. The summed E-state index contributed by atoms with van der Waals surface area (Å²) in [6.07, 6.45) is 0.843. The largest absolute Gasteiger partial charge is 0.396 e. The fourth-order valence-electron chi connectivity index (χ4n) is 2.65. The van der Waals surface area contributed by atoms with E-state index < -0.39 is 0 Å². The highest BCUT2D eigenvalue weighted by Gasteiger charge is 2.31. The van der Waals surface area contributed by atoms with E-state index >= 15 is 0 Å². The van der Waals surface area contributed by atoms with Crippen LogP contribution in [0.2, 0.25) is 0 Å². The summed E-state index contributed by atoms with van der Waals surface area (Å²) in [5.74, 6) is 0. The molecule has 1 aromatic carbocycles. The molecule has 100 valence electrons. The molecule has 1 aliphatic rings. The van der Waals surface area contributed by atoms with E-state index in [-0.39, 0.29) is 12.1 Å². The van der Waals surface area contributed by atoms with Crippen LogP contribution in [0.25, 0.3) is 0 Å². The van der Waals surface area contributed by atoms with Gasteiger partial charge < -0.3 is 10.4 Å². The average molecular weight is 248 g/mol. The number of nitrogens with one attached hydrogen (secondary N) is 1. The zero-order valence-electron chi connectivity index (χ0n) is 11.4. The number of benzene rings is 1. The number of rotatable bonds is 4. The zero-order chi connectivity index (χ0) is 13.0. The highest BCUT2D eigenvalue weighted by molar-refractivity contribution is 5.15. The predicted molar refractivity (Wildman–Crippen MR) is 74.4 cm³/mol. The van der Waals surface area contributed by atoms with Crippen LogP contribution in [-0.2, 0) is 6.54 Å². The molecular formula is C15H24N2O. The lowest BCUT2D eigenvalue weighted by molar-refractivity contribution is 0.0716. The molecule has 0 spiro atoms. The van der Waals surface area contributed by atoms with Crippen molar-refractivity contribution in [1.29, 1.82) is 0 Å². The van der Waals surface area contributed by atoms with Crippen molar-refractivity contribution in [2.75, 3.05) is 19.7 Å². The second-order valence-corrected chi connectivity index (χ2v) is 5.82. The van der Waals surface area contributed by atoms with Gasteiger partial charge in [0, 0.05) is 37.8 Å². The fourth-order valence-corrected chi connectivity index (χ4v) is 2.65. The maximum Gasteiger partial charge on any atom is 0.0446 e. The first-order chi connectivity index (χ1) is 8.61. The van der Waals surface area contributed by atoms with Crippen LogP contribution >= 0.6 is 0 Å². The summed E-state index contributed by atoms with van der Waals surface area (Å²) >= 11 is 0. The average Bonchev–Trinajstić information content (AvgIpc) is 2.34. The molecule has 3 heteroatoms. The molecule has 3 nitrogen and oxygen atoms in total. The van der Waals surface area contributed by atoms with Gasteiger partial charge in [-0.3, -0.25) is 4.90 Å². The van der Waals surface area contributed by atoms with E-state index in [4.69, 9.17) is 0 Å². The lowest BCUT2D eigenvalue weighted by Gasteiger charge is -2.44. The number of aliphatic hydroxyl groups is 1. The third kappa shape index (κ3) is 3.55. The minimum absolute atomic E-state index is 0.154. The van der Waals surface area contributed by atoms with Crippen LogP contribution in [0.3, 0.4) is 0 Å². The SMILES string of the molecule is CC1(C)CN(Cc2ccccc2)C(CCO)CN1. The summed E-state index contributed by atoms with van der Waals surface area (Å²) < 4.78 is 0. The molecule has 1 aliphatic heterocycles. The molecular weight excluding hydrogens is 224 g/mol. The summed E-state index contributed by atoms with van der Waals surface area (Å²) in [4.78, 5) is 2.49. The third-order valence-corrected chi connectivity index (χ3v) is 3.62. The molecule has 1 aromatic rings. The maximum absolute atomic E-state index is 9.18. The molecule has 1 fully saturated rings. The van der Waals surface area contributed by atoms with E-state index in [1.54, 1.807) is 0 Å². The number of hydrogen-bond donors (Lipinski definition) is 2. The zero-order valence-corrected chi connectivity index (χ0v) is 11.4. The first-order valence-corrected chi connectivity index (χ1v) is 6.74. The highest BCUT2D eigenvalue weighted by atomic mass is 16.3. The van der Waals surface area contributed by atoms with Crippen LogP contribution in [0.1, 0.15) is 25.8 Å². The fraction of sp³-hybridized carbons (Fsp3) is 0.600. The lowest BCUT2D eigenvalue weighted by atomic mass is 9.96. The van der Waals surface area contributed by atoms with E-state index in [2.05, 4.69) is 54.4 Å². The Morgan fingerprint density at radius 1 is 1.33 bits per heavy atom. The first-order valence-electron chi connectivity index (χ1n) is 6.74. The van der Waals surface area contributed by atoms with Crippen molar-refractivity contribution >= 4 is 0 Å². The molecule has 1 atom stereocenters. The molecule has 2 rings (SSSR count). The van der Waals surface area contributed by atoms with Gasteiger partial charge in [0.1, 0.15) is 0 Å². The predicted octanol–water partition coefficient (Wildman–Crippen LogP) is 1.62. The maximum atomic E-state index is 9.18. The van der Waals surface area contributed by atoms with Crippen molar-refractivity contribution < 1.29 is 5.11 Å². The van der Waals surface area contributed by atoms with Gasteiger partial charge in [-0.25, -0.2) is 0 Å². The van der Waals surface area contributed by atoms with Crippen molar-refractivity contribution in [1.82, 2.24) is 10.2 Å². The van der Waals surface area contributed by atoms with Crippen molar-refractivity contribution in [2.45, 2.75) is 38.4 Å². The molecule has 0 bridgehead atoms. The summed E-state index contributed by atoms with van der Waals surface area (Å²) in [6.45, 7) is 7.68. The molecule has 1 saturated heterocycles. The van der Waals surface area contributed by atoms with Crippen LogP contribution in [0.4, 0.5) is 0 Å². The molecule has 1 heterocycles. The van der Waals surface area contributed by atoms with Crippen molar-refractivity contribution in [3.05, 3.63) is 35.9 Å². The van der Waals surface area contributed by atoms with Crippen LogP contribution in [0.5, 0.6) is 0 Å². The van der Waals surface area contributed by atoms with Crippen LogP contribution < -0.4 is 5.32 Å². The van der Waals surface area contributed by atoms with Crippen LogP contribution in [-0.4, -0.2) is 41.3 Å². The van der Waals surface area contributed by atoms with E-state index in [1.807, 2.05) is 0 Å². The molecule has 0 amide bonds. The number of aliphatic hydroxyl groups excluding tert-OH is 1. The standard InChI is InChI=1S/C15H24N2O/c1-15(2)12-17(14(8-9-18)10-16-15)11-13-6-4-3-5-7-13/h3-7,14,16,18H,8-12H2,1-2H3. The molecule has 0 radical (unpaired) electrons. The minimum Gasteiger partial charge on any atom is -0.396 e. The van der Waals surface area contributed by atoms with Gasteiger partial charge in [-0.2, -0.15) is 0 Å². The van der Waals surface area contributed by atoms with E-state index in [0.717, 1.165) is 26.1 Å². The van der Waals surface area contributed by atoms with E-state index in [1.165, 1.54) is 5.56 Å². The lowest BCUT2D eigenvalue weighted by Crippen LogP contribution is -2.61. The Morgan fingerprint density at radius 2 is 2.06 bits per heavy atom. The van der Waals surface area contributed by atoms with Crippen molar-refractivity contribution in [3.63, 3.8) is 0 Å². The van der Waals surface area contributed by atoms with E-state index in [0.29, 0.717) is 6.04 Å². The quantitative estimate of drug-likeness (QED) is 0.850.